The first kappa shape index (κ1) is 32.9. The first-order chi connectivity index (χ1) is 21.7. The molecule has 12 nitrogen and oxygen atoms in total. The quantitative estimate of drug-likeness (QED) is 0.330. The highest BCUT2D eigenvalue weighted by atomic mass is 28.4. The lowest BCUT2D eigenvalue weighted by atomic mass is 10.1. The van der Waals surface area contributed by atoms with Crippen LogP contribution < -0.4 is 30.6 Å². The number of benzene rings is 2. The zero-order valence-electron chi connectivity index (χ0n) is 27.0. The van der Waals surface area contributed by atoms with Gasteiger partial charge in [-0.2, -0.15) is 0 Å². The molecule has 0 bridgehead atoms. The predicted molar refractivity (Wildman–Crippen MR) is 175 cm³/mol. The van der Waals surface area contributed by atoms with Crippen LogP contribution in [0.25, 0.3) is 0 Å². The molecular formula is C33H41N5O7Si. The second kappa shape index (κ2) is 13.1. The zero-order valence-corrected chi connectivity index (χ0v) is 28.0. The number of hydrogen-bond acceptors (Lipinski definition) is 9. The Balaban J connectivity index is 1.45. The topological polar surface area (TPSA) is 141 Å². The van der Waals surface area contributed by atoms with Crippen LogP contribution in [0.5, 0.6) is 5.88 Å². The summed E-state index contributed by atoms with van der Waals surface area (Å²) in [6.45, 7) is 12.1. The zero-order chi connectivity index (χ0) is 33.1. The van der Waals surface area contributed by atoms with Crippen LogP contribution in [0.4, 0.5) is 21.2 Å². The third kappa shape index (κ3) is 7.31. The number of amides is 3. The standard InChI is InChI=1S/C33H41N5O7Si/c1-32(2,3)44-30(40)35-18-22(45-46(33(4,5)6,24-13-9-7-10-14-24)25-15-11-8-12-16-25)17-23-20-38(31(41)43-23)26-19-34-29-28(36-26)37-27(39)21-42-29/h7-16,19,22-23H,17-18,20-21H2,1-6H3,(H,35,40)(H,36,37,39). The van der Waals surface area contributed by atoms with Gasteiger partial charge in [0.25, 0.3) is 20.1 Å². The minimum Gasteiger partial charge on any atom is -0.465 e. The summed E-state index contributed by atoms with van der Waals surface area (Å²) in [5.74, 6) is 0.175. The Morgan fingerprint density at radius 1 is 1.04 bits per heavy atom. The molecule has 3 aromatic rings. The van der Waals surface area contributed by atoms with Gasteiger partial charge < -0.3 is 29.3 Å². The van der Waals surface area contributed by atoms with Gasteiger partial charge >= 0.3 is 12.2 Å². The van der Waals surface area contributed by atoms with E-state index in [9.17, 15) is 14.4 Å². The average molecular weight is 648 g/mol. The van der Waals surface area contributed by atoms with Gasteiger partial charge in [0, 0.05) is 13.0 Å². The Morgan fingerprint density at radius 3 is 2.26 bits per heavy atom. The van der Waals surface area contributed by atoms with E-state index in [0.29, 0.717) is 0 Å². The second-order valence-corrected chi connectivity index (χ2v) is 17.6. The van der Waals surface area contributed by atoms with Gasteiger partial charge in [0.15, 0.2) is 18.2 Å². The number of aromatic nitrogens is 2. The molecule has 2 aliphatic rings. The van der Waals surface area contributed by atoms with Gasteiger partial charge in [-0.15, -0.1) is 0 Å². The van der Waals surface area contributed by atoms with Crippen LogP contribution in [0.2, 0.25) is 5.04 Å². The van der Waals surface area contributed by atoms with Crippen molar-refractivity contribution in [3.63, 3.8) is 0 Å². The molecule has 1 aromatic heterocycles. The molecule has 1 saturated heterocycles. The van der Waals surface area contributed by atoms with Gasteiger partial charge in [0.2, 0.25) is 0 Å². The number of carbonyl (C=O) groups is 3. The number of nitrogens with one attached hydrogen (secondary N) is 2. The lowest BCUT2D eigenvalue weighted by molar-refractivity contribution is -0.118. The molecule has 2 aromatic carbocycles. The molecule has 2 unspecified atom stereocenters. The van der Waals surface area contributed by atoms with Crippen LogP contribution in [0.1, 0.15) is 48.0 Å². The van der Waals surface area contributed by atoms with Crippen molar-refractivity contribution in [2.75, 3.05) is 29.9 Å². The van der Waals surface area contributed by atoms with Crippen molar-refractivity contribution in [2.24, 2.45) is 0 Å². The molecule has 244 valence electrons. The summed E-state index contributed by atoms with van der Waals surface area (Å²) in [4.78, 5) is 47.7. The van der Waals surface area contributed by atoms with Crippen LogP contribution in [0, 0.1) is 0 Å². The molecule has 0 spiro atoms. The summed E-state index contributed by atoms with van der Waals surface area (Å²) in [6.07, 6.45) is -0.659. The van der Waals surface area contributed by atoms with Crippen molar-refractivity contribution < 1.29 is 33.0 Å². The second-order valence-electron chi connectivity index (χ2n) is 13.4. The van der Waals surface area contributed by atoms with Crippen LogP contribution >= 0.6 is 0 Å². The van der Waals surface area contributed by atoms with E-state index >= 15 is 0 Å². The van der Waals surface area contributed by atoms with Gasteiger partial charge in [0.1, 0.15) is 11.7 Å². The first-order valence-corrected chi connectivity index (χ1v) is 17.2. The van der Waals surface area contributed by atoms with E-state index in [1.165, 1.54) is 11.1 Å². The first-order valence-electron chi connectivity index (χ1n) is 15.3. The maximum Gasteiger partial charge on any atom is 0.415 e. The van der Waals surface area contributed by atoms with E-state index < -0.39 is 38.3 Å². The highest BCUT2D eigenvalue weighted by Gasteiger charge is 2.52. The van der Waals surface area contributed by atoms with Gasteiger partial charge in [-0.3, -0.25) is 9.69 Å². The molecule has 1 fully saturated rings. The van der Waals surface area contributed by atoms with E-state index in [-0.39, 0.29) is 54.6 Å². The predicted octanol–water partition coefficient (Wildman–Crippen LogP) is 3.99. The Bertz CT molecular complexity index is 1520. The molecule has 2 N–H and O–H groups in total. The molecule has 2 atom stereocenters. The Kier molecular flexibility index (Phi) is 9.36. The largest absolute Gasteiger partial charge is 0.465 e. The lowest BCUT2D eigenvalue weighted by Gasteiger charge is -2.45. The molecule has 3 heterocycles. The molecule has 0 saturated carbocycles. The number of fused-ring (bicyclic) bond motifs is 1. The monoisotopic (exact) mass is 647 g/mol. The lowest BCUT2D eigenvalue weighted by Crippen LogP contribution is -2.68. The number of carbonyl (C=O) groups excluding carboxylic acids is 3. The van der Waals surface area contributed by atoms with Crippen LogP contribution in [-0.4, -0.2) is 73.9 Å². The number of rotatable bonds is 9. The van der Waals surface area contributed by atoms with Crippen LogP contribution in [0.3, 0.4) is 0 Å². The van der Waals surface area contributed by atoms with E-state index in [1.807, 2.05) is 36.4 Å². The fourth-order valence-corrected chi connectivity index (χ4v) is 10.4. The SMILES string of the molecule is CC(C)(C)OC(=O)NCC(CC1CN(c2cnc3c(n2)NC(=O)CO3)C(=O)O1)O[Si](c1ccccc1)(c1ccccc1)C(C)(C)C. The van der Waals surface area contributed by atoms with E-state index in [1.54, 1.807) is 20.8 Å². The number of cyclic esters (lactones) is 1. The summed E-state index contributed by atoms with van der Waals surface area (Å²) >= 11 is 0. The van der Waals surface area contributed by atoms with Crippen molar-refractivity contribution >= 4 is 48.4 Å². The fraction of sp³-hybridized carbons (Fsp3) is 0.424. The molecular weight excluding hydrogens is 606 g/mol. The number of hydrogen-bond donors (Lipinski definition) is 2. The Morgan fingerprint density at radius 2 is 1.67 bits per heavy atom. The van der Waals surface area contributed by atoms with Gasteiger partial charge in [-0.1, -0.05) is 81.4 Å². The van der Waals surface area contributed by atoms with E-state index in [0.717, 1.165) is 10.4 Å². The molecule has 46 heavy (non-hydrogen) atoms. The summed E-state index contributed by atoms with van der Waals surface area (Å²) in [5, 5.41) is 7.33. The molecule has 3 amide bonds. The summed E-state index contributed by atoms with van der Waals surface area (Å²) < 4.78 is 24.0. The highest BCUT2D eigenvalue weighted by molar-refractivity contribution is 6.99. The number of nitrogens with zero attached hydrogens (tertiary/aromatic N) is 3. The molecule has 13 heteroatoms. The van der Waals surface area contributed by atoms with Crippen molar-refractivity contribution in [1.29, 1.82) is 0 Å². The van der Waals surface area contributed by atoms with Gasteiger partial charge in [-0.25, -0.2) is 19.6 Å². The minimum absolute atomic E-state index is 0.121. The maximum atomic E-state index is 13.1. The van der Waals surface area contributed by atoms with Crippen molar-refractivity contribution in [3.8, 4) is 5.88 Å². The van der Waals surface area contributed by atoms with E-state index in [2.05, 4.69) is 65.6 Å². The third-order valence-electron chi connectivity index (χ3n) is 7.63. The van der Waals surface area contributed by atoms with Crippen molar-refractivity contribution in [3.05, 3.63) is 66.9 Å². The summed E-state index contributed by atoms with van der Waals surface area (Å²) in [6, 6.07) is 20.4. The van der Waals surface area contributed by atoms with Crippen LogP contribution in [-0.2, 0) is 18.7 Å². The fourth-order valence-electron chi connectivity index (χ4n) is 5.74. The van der Waals surface area contributed by atoms with Crippen molar-refractivity contribution in [1.82, 2.24) is 15.3 Å². The maximum absolute atomic E-state index is 13.1. The number of ether oxygens (including phenoxy) is 3. The Labute approximate surface area is 269 Å². The molecule has 5 rings (SSSR count). The van der Waals surface area contributed by atoms with Crippen LogP contribution in [0.15, 0.2) is 66.9 Å². The third-order valence-corrected chi connectivity index (χ3v) is 12.7. The number of anilines is 2. The van der Waals surface area contributed by atoms with Gasteiger partial charge in [0.05, 0.1) is 18.8 Å². The Hall–Kier alpha value is -4.49. The molecule has 2 aliphatic heterocycles. The summed E-state index contributed by atoms with van der Waals surface area (Å²) in [5.41, 5.74) is -0.680. The highest BCUT2D eigenvalue weighted by Crippen LogP contribution is 2.38. The molecule has 0 aliphatic carbocycles. The molecule has 0 radical (unpaired) electrons. The number of alkyl carbamates (subject to hydrolysis) is 1. The van der Waals surface area contributed by atoms with Gasteiger partial charge in [-0.05, 0) is 36.2 Å². The summed E-state index contributed by atoms with van der Waals surface area (Å²) in [7, 11) is -3.05. The van der Waals surface area contributed by atoms with E-state index in [4.69, 9.17) is 18.6 Å². The normalized spacial score (nSPS) is 17.3. The minimum atomic E-state index is -3.05. The average Bonchev–Trinajstić information content (AvgIpc) is 3.37. The smallest absolute Gasteiger partial charge is 0.415 e. The van der Waals surface area contributed by atoms with Crippen molar-refractivity contribution in [2.45, 2.75) is 70.8 Å².